The zero-order valence-corrected chi connectivity index (χ0v) is 23.1. The predicted octanol–water partition coefficient (Wildman–Crippen LogP) is 2.93. The van der Waals surface area contributed by atoms with Crippen molar-refractivity contribution in [1.29, 1.82) is 0 Å². The van der Waals surface area contributed by atoms with Crippen LogP contribution in [0.1, 0.15) is 38.2 Å². The van der Waals surface area contributed by atoms with Crippen LogP contribution >= 0.6 is 0 Å². The van der Waals surface area contributed by atoms with Gasteiger partial charge in [-0.1, -0.05) is 31.9 Å². The SMILES string of the molecule is CC1(Cc2ccc(F)cc2)CN(C2CCCC2)C(=O)C(C2=NS(=O)(=O)c3cc(NS(C)(=O)=O)ccc3N2)C1=O. The van der Waals surface area contributed by atoms with E-state index in [0.29, 0.717) is 5.56 Å². The number of fused-ring (bicyclic) bond motifs is 1. The monoisotopic (exact) mass is 576 g/mol. The number of likely N-dealkylation sites (tertiary alicyclic amines) is 1. The molecule has 2 aromatic rings. The lowest BCUT2D eigenvalue weighted by atomic mass is 9.70. The molecule has 0 bridgehead atoms. The number of hydrogen-bond donors (Lipinski definition) is 2. The number of carbonyl (C=O) groups excluding carboxylic acids is 2. The Morgan fingerprint density at radius 2 is 1.79 bits per heavy atom. The van der Waals surface area contributed by atoms with Gasteiger partial charge in [-0.15, -0.1) is 4.40 Å². The van der Waals surface area contributed by atoms with Gasteiger partial charge in [-0.05, 0) is 55.2 Å². The summed E-state index contributed by atoms with van der Waals surface area (Å²) in [6.45, 7) is 1.91. The van der Waals surface area contributed by atoms with Crippen molar-refractivity contribution in [3.8, 4) is 0 Å². The number of nitrogens with zero attached hydrogens (tertiary/aromatic N) is 2. The van der Waals surface area contributed by atoms with E-state index in [-0.39, 0.29) is 41.1 Å². The van der Waals surface area contributed by atoms with Crippen LogP contribution in [0, 0.1) is 17.2 Å². The molecule has 1 aliphatic carbocycles. The summed E-state index contributed by atoms with van der Waals surface area (Å²) in [5, 5.41) is 2.87. The van der Waals surface area contributed by atoms with Crippen LogP contribution in [0.3, 0.4) is 0 Å². The Balaban J connectivity index is 1.54. The van der Waals surface area contributed by atoms with Gasteiger partial charge in [0.25, 0.3) is 10.0 Å². The van der Waals surface area contributed by atoms with Crippen LogP contribution in [0.5, 0.6) is 0 Å². The van der Waals surface area contributed by atoms with Gasteiger partial charge in [-0.3, -0.25) is 14.3 Å². The normalized spacial score (nSPS) is 25.2. The van der Waals surface area contributed by atoms with Gasteiger partial charge in [0.2, 0.25) is 15.9 Å². The predicted molar refractivity (Wildman–Crippen MR) is 144 cm³/mol. The Bertz CT molecular complexity index is 1580. The van der Waals surface area contributed by atoms with E-state index >= 15 is 0 Å². The van der Waals surface area contributed by atoms with E-state index in [1.807, 2.05) is 0 Å². The first-order chi connectivity index (χ1) is 18.3. The summed E-state index contributed by atoms with van der Waals surface area (Å²) in [7, 11) is -8.03. The summed E-state index contributed by atoms with van der Waals surface area (Å²) < 4.78 is 69.2. The largest absolute Gasteiger partial charge is 0.341 e. The van der Waals surface area contributed by atoms with Crippen molar-refractivity contribution in [3.63, 3.8) is 0 Å². The van der Waals surface area contributed by atoms with Crippen LogP contribution in [0.2, 0.25) is 0 Å². The van der Waals surface area contributed by atoms with Crippen LogP contribution in [0.15, 0.2) is 51.8 Å². The molecule has 2 fully saturated rings. The van der Waals surface area contributed by atoms with Crippen molar-refractivity contribution >= 4 is 48.9 Å². The van der Waals surface area contributed by atoms with Gasteiger partial charge in [0.15, 0.2) is 11.7 Å². The van der Waals surface area contributed by atoms with Crippen molar-refractivity contribution in [1.82, 2.24) is 4.90 Å². The van der Waals surface area contributed by atoms with Crippen molar-refractivity contribution in [3.05, 3.63) is 53.8 Å². The van der Waals surface area contributed by atoms with Crippen LogP contribution < -0.4 is 10.0 Å². The number of hydrogen-bond acceptors (Lipinski definition) is 7. The Morgan fingerprint density at radius 3 is 2.44 bits per heavy atom. The number of ketones is 1. The number of rotatable bonds is 6. The van der Waals surface area contributed by atoms with Crippen molar-refractivity contribution in [2.45, 2.75) is 50.0 Å². The third kappa shape index (κ3) is 5.42. The van der Waals surface area contributed by atoms with E-state index in [9.17, 15) is 30.8 Å². The van der Waals surface area contributed by atoms with Crippen molar-refractivity contribution in [2.24, 2.45) is 15.7 Å². The van der Waals surface area contributed by atoms with Gasteiger partial charge in [0, 0.05) is 23.7 Å². The topological polar surface area (TPSA) is 142 Å². The first-order valence-electron chi connectivity index (χ1n) is 12.6. The fourth-order valence-corrected chi connectivity index (χ4v) is 7.44. The standard InChI is InChI=1S/C26H29FN4O6S2/c1-26(14-16-7-9-17(27)10-8-16)15-31(19-5-3-4-6-19)25(33)22(23(26)32)24-28-20-12-11-18(29-38(2,34)35)13-21(20)39(36,37)30-24/h7-13,19,22,29H,3-6,14-15H2,1-2H3,(H,28,30). The molecule has 0 spiro atoms. The summed E-state index contributed by atoms with van der Waals surface area (Å²) in [5.41, 5.74) is -0.243. The molecule has 1 saturated carbocycles. The zero-order chi connectivity index (χ0) is 28.2. The van der Waals surface area contributed by atoms with Gasteiger partial charge in [0.1, 0.15) is 16.5 Å². The van der Waals surface area contributed by atoms with E-state index in [2.05, 4.69) is 14.4 Å². The molecule has 2 heterocycles. The molecule has 3 aliphatic rings. The van der Waals surface area contributed by atoms with E-state index in [1.165, 1.54) is 24.3 Å². The fraction of sp³-hybridized carbons (Fsp3) is 0.423. The highest BCUT2D eigenvalue weighted by Gasteiger charge is 2.53. The second kappa shape index (κ2) is 9.70. The summed E-state index contributed by atoms with van der Waals surface area (Å²) in [5.74, 6) is -3.12. The Labute approximate surface area is 226 Å². The van der Waals surface area contributed by atoms with Crippen LogP contribution in [0.25, 0.3) is 0 Å². The average molecular weight is 577 g/mol. The quantitative estimate of drug-likeness (QED) is 0.504. The molecule has 208 valence electrons. The molecule has 10 nitrogen and oxygen atoms in total. The number of carbonyl (C=O) groups is 2. The highest BCUT2D eigenvalue weighted by molar-refractivity contribution is 7.92. The third-order valence-electron chi connectivity index (χ3n) is 7.50. The maximum atomic E-state index is 14.0. The Hall–Kier alpha value is -3.32. The second-order valence-corrected chi connectivity index (χ2v) is 14.0. The molecule has 39 heavy (non-hydrogen) atoms. The van der Waals surface area contributed by atoms with Crippen LogP contribution in [0.4, 0.5) is 15.8 Å². The molecule has 13 heteroatoms. The molecule has 2 unspecified atom stereocenters. The summed E-state index contributed by atoms with van der Waals surface area (Å²) in [4.78, 5) is 29.2. The summed E-state index contributed by atoms with van der Waals surface area (Å²) in [6.07, 6.45) is 4.65. The number of Topliss-reactive ketones (excluding diaryl/α,β-unsaturated/α-hetero) is 1. The Kier molecular flexibility index (Phi) is 6.78. The molecule has 0 aromatic heterocycles. The van der Waals surface area contributed by atoms with Crippen LogP contribution in [-0.2, 0) is 36.1 Å². The number of nitrogens with one attached hydrogen (secondary N) is 2. The number of benzene rings is 2. The fourth-order valence-electron chi connectivity index (χ4n) is 5.70. The minimum absolute atomic E-state index is 0.0318. The first-order valence-corrected chi connectivity index (χ1v) is 15.9. The molecule has 2 N–H and O–H groups in total. The second-order valence-electron chi connectivity index (χ2n) is 10.7. The van der Waals surface area contributed by atoms with Crippen LogP contribution in [-0.4, -0.2) is 58.1 Å². The molecule has 0 radical (unpaired) electrons. The average Bonchev–Trinajstić information content (AvgIpc) is 3.37. The highest BCUT2D eigenvalue weighted by Crippen LogP contribution is 2.40. The highest BCUT2D eigenvalue weighted by atomic mass is 32.2. The first kappa shape index (κ1) is 27.3. The molecule has 2 aliphatic heterocycles. The van der Waals surface area contributed by atoms with E-state index < -0.39 is 48.9 Å². The maximum absolute atomic E-state index is 14.0. The van der Waals surface area contributed by atoms with Gasteiger partial charge in [-0.25, -0.2) is 12.8 Å². The minimum Gasteiger partial charge on any atom is -0.341 e. The maximum Gasteiger partial charge on any atom is 0.286 e. The number of anilines is 2. The molecular weight excluding hydrogens is 547 g/mol. The van der Waals surface area contributed by atoms with Crippen molar-refractivity contribution < 1.29 is 30.8 Å². The third-order valence-corrected chi connectivity index (χ3v) is 9.43. The summed E-state index contributed by atoms with van der Waals surface area (Å²) in [6, 6.07) is 9.61. The van der Waals surface area contributed by atoms with E-state index in [1.54, 1.807) is 24.0 Å². The molecular formula is C26H29FN4O6S2. The van der Waals surface area contributed by atoms with E-state index in [4.69, 9.17) is 0 Å². The number of halogens is 1. The number of sulfonamides is 2. The molecule has 2 atom stereocenters. The van der Waals surface area contributed by atoms with Gasteiger partial charge < -0.3 is 10.2 Å². The molecule has 2 aromatic carbocycles. The summed E-state index contributed by atoms with van der Waals surface area (Å²) >= 11 is 0. The van der Waals surface area contributed by atoms with Gasteiger partial charge in [0.05, 0.1) is 11.9 Å². The number of amides is 1. The molecule has 1 amide bonds. The molecule has 5 rings (SSSR count). The molecule has 1 saturated heterocycles. The zero-order valence-electron chi connectivity index (χ0n) is 21.5. The number of amidine groups is 1. The van der Waals surface area contributed by atoms with Crippen molar-refractivity contribution in [2.75, 3.05) is 22.8 Å². The number of piperidine rings is 1. The lowest BCUT2D eigenvalue weighted by molar-refractivity contribution is -0.153. The van der Waals surface area contributed by atoms with E-state index in [0.717, 1.165) is 38.0 Å². The van der Waals surface area contributed by atoms with Gasteiger partial charge in [-0.2, -0.15) is 8.42 Å². The lowest BCUT2D eigenvalue weighted by Gasteiger charge is -2.45. The smallest absolute Gasteiger partial charge is 0.286 e. The minimum atomic E-state index is -4.38. The Morgan fingerprint density at radius 1 is 1.13 bits per heavy atom. The van der Waals surface area contributed by atoms with Gasteiger partial charge >= 0.3 is 0 Å². The lowest BCUT2D eigenvalue weighted by Crippen LogP contribution is -2.62.